The fraction of sp³-hybridized carbons (Fsp3) is 0.781. The van der Waals surface area contributed by atoms with E-state index < -0.39 is 46.6 Å². The number of aliphatic hydroxyl groups is 1. The van der Waals surface area contributed by atoms with Crippen LogP contribution < -0.4 is 0 Å². The SMILES string of the molecule is CC(C)C[C@H](CO)N1C(=O)[C@@H]2[C@@H]3C(=O)OCCCC/C=C\[C@]3(C)O[C@@]23C=CCN(C(C)(C)CC(C)(C)C)C(=O)C13. The number of esters is 1. The van der Waals surface area contributed by atoms with Crippen molar-refractivity contribution >= 4 is 17.8 Å². The number of nitrogens with zero attached hydrogens (tertiary/aromatic N) is 2. The minimum absolute atomic E-state index is 0.0369. The molecule has 4 heterocycles. The number of hydrogen-bond donors (Lipinski definition) is 1. The summed E-state index contributed by atoms with van der Waals surface area (Å²) in [6, 6.07) is -1.58. The zero-order valence-electron chi connectivity index (χ0n) is 25.7. The second kappa shape index (κ2) is 10.9. The van der Waals surface area contributed by atoms with Gasteiger partial charge in [0.1, 0.15) is 17.6 Å². The molecule has 4 rings (SSSR count). The molecule has 2 amide bonds. The molecule has 6 atom stereocenters. The fourth-order valence-electron chi connectivity index (χ4n) is 7.89. The van der Waals surface area contributed by atoms with E-state index in [1.807, 2.05) is 50.0 Å². The number of carbonyl (C=O) groups excluding carboxylic acids is 3. The number of ether oxygens (including phenoxy) is 2. The molecule has 1 N–H and O–H groups in total. The molecule has 0 aliphatic carbocycles. The number of carbonyl (C=O) groups is 3. The van der Waals surface area contributed by atoms with Crippen LogP contribution in [0.25, 0.3) is 0 Å². The Morgan fingerprint density at radius 3 is 2.35 bits per heavy atom. The maximum atomic E-state index is 14.8. The van der Waals surface area contributed by atoms with Crippen LogP contribution in [0.15, 0.2) is 24.3 Å². The average Bonchev–Trinajstić information content (AvgIpc) is 3.15. The third-order valence-electron chi connectivity index (χ3n) is 8.98. The van der Waals surface area contributed by atoms with Crippen molar-refractivity contribution in [1.29, 1.82) is 0 Å². The van der Waals surface area contributed by atoms with Crippen LogP contribution in [0.4, 0.5) is 0 Å². The summed E-state index contributed by atoms with van der Waals surface area (Å²) >= 11 is 0. The van der Waals surface area contributed by atoms with Gasteiger partial charge >= 0.3 is 5.97 Å². The molecular formula is C32H50N2O6. The molecule has 224 valence electrons. The van der Waals surface area contributed by atoms with E-state index in [4.69, 9.17) is 9.47 Å². The summed E-state index contributed by atoms with van der Waals surface area (Å²) in [5, 5.41) is 10.5. The molecule has 40 heavy (non-hydrogen) atoms. The largest absolute Gasteiger partial charge is 0.465 e. The molecule has 0 saturated carbocycles. The van der Waals surface area contributed by atoms with Gasteiger partial charge in [-0.15, -0.1) is 0 Å². The summed E-state index contributed by atoms with van der Waals surface area (Å²) in [5.41, 5.74) is -3.02. The van der Waals surface area contributed by atoms with Crippen LogP contribution in [0.5, 0.6) is 0 Å². The van der Waals surface area contributed by atoms with Crippen molar-refractivity contribution in [2.24, 2.45) is 23.2 Å². The Bertz CT molecular complexity index is 1060. The van der Waals surface area contributed by atoms with Crippen molar-refractivity contribution in [3.8, 4) is 0 Å². The lowest BCUT2D eigenvalue weighted by Crippen LogP contribution is -2.62. The van der Waals surface area contributed by atoms with Gasteiger partial charge in [0.2, 0.25) is 11.8 Å². The Labute approximate surface area is 240 Å². The summed E-state index contributed by atoms with van der Waals surface area (Å²) in [4.78, 5) is 46.5. The molecule has 1 unspecified atom stereocenters. The zero-order chi connectivity index (χ0) is 29.7. The normalized spacial score (nSPS) is 34.8. The fourth-order valence-corrected chi connectivity index (χ4v) is 7.89. The van der Waals surface area contributed by atoms with Crippen molar-refractivity contribution < 1.29 is 29.0 Å². The van der Waals surface area contributed by atoms with Crippen LogP contribution >= 0.6 is 0 Å². The highest BCUT2D eigenvalue weighted by atomic mass is 16.6. The number of likely N-dealkylation sites (tertiary alicyclic amines) is 1. The lowest BCUT2D eigenvalue weighted by Gasteiger charge is -2.46. The first-order chi connectivity index (χ1) is 18.6. The van der Waals surface area contributed by atoms with Gasteiger partial charge in [-0.3, -0.25) is 14.4 Å². The predicted molar refractivity (Wildman–Crippen MR) is 153 cm³/mol. The van der Waals surface area contributed by atoms with Crippen molar-refractivity contribution in [3.05, 3.63) is 24.3 Å². The number of cyclic esters (lactones) is 1. The lowest BCUT2D eigenvalue weighted by atomic mass is 9.74. The number of allylic oxidation sites excluding steroid dienone is 1. The number of hydrogen-bond acceptors (Lipinski definition) is 6. The molecule has 4 aliphatic heterocycles. The van der Waals surface area contributed by atoms with E-state index in [1.165, 1.54) is 0 Å². The third-order valence-corrected chi connectivity index (χ3v) is 8.98. The molecule has 0 aromatic rings. The highest BCUT2D eigenvalue weighted by molar-refractivity contribution is 5.99. The van der Waals surface area contributed by atoms with Gasteiger partial charge in [0.15, 0.2) is 0 Å². The number of fused-ring (bicyclic) bond motifs is 2. The minimum atomic E-state index is -1.36. The first-order valence-electron chi connectivity index (χ1n) is 15.0. The summed E-state index contributed by atoms with van der Waals surface area (Å²) in [6.07, 6.45) is 11.4. The molecule has 0 bridgehead atoms. The lowest BCUT2D eigenvalue weighted by molar-refractivity contribution is -0.163. The molecule has 2 fully saturated rings. The van der Waals surface area contributed by atoms with Gasteiger partial charge in [-0.25, -0.2) is 0 Å². The van der Waals surface area contributed by atoms with E-state index in [-0.39, 0.29) is 36.4 Å². The van der Waals surface area contributed by atoms with Crippen LogP contribution in [0.1, 0.15) is 87.5 Å². The van der Waals surface area contributed by atoms with Crippen molar-refractivity contribution in [3.63, 3.8) is 0 Å². The molecule has 8 nitrogen and oxygen atoms in total. The maximum absolute atomic E-state index is 14.8. The van der Waals surface area contributed by atoms with E-state index in [1.54, 1.807) is 4.90 Å². The molecule has 8 heteroatoms. The highest BCUT2D eigenvalue weighted by Crippen LogP contribution is 2.58. The first kappa shape index (κ1) is 30.8. The predicted octanol–water partition coefficient (Wildman–Crippen LogP) is 4.26. The van der Waals surface area contributed by atoms with Crippen molar-refractivity contribution in [1.82, 2.24) is 9.80 Å². The Kier molecular flexibility index (Phi) is 8.38. The maximum Gasteiger partial charge on any atom is 0.313 e. The Morgan fingerprint density at radius 1 is 1.02 bits per heavy atom. The number of rotatable bonds is 6. The Morgan fingerprint density at radius 2 is 1.73 bits per heavy atom. The molecule has 0 aromatic carbocycles. The molecule has 2 saturated heterocycles. The molecule has 0 radical (unpaired) electrons. The molecule has 4 aliphatic rings. The summed E-state index contributed by atoms with van der Waals surface area (Å²) in [5.74, 6) is -2.67. The highest BCUT2D eigenvalue weighted by Gasteiger charge is 2.75. The quantitative estimate of drug-likeness (QED) is 0.387. The van der Waals surface area contributed by atoms with E-state index in [0.29, 0.717) is 13.0 Å². The van der Waals surface area contributed by atoms with E-state index in [2.05, 4.69) is 34.6 Å². The third kappa shape index (κ3) is 5.38. The second-order valence-corrected chi connectivity index (χ2v) is 14.7. The summed E-state index contributed by atoms with van der Waals surface area (Å²) < 4.78 is 12.6. The Hall–Kier alpha value is -2.19. The monoisotopic (exact) mass is 558 g/mol. The molecular weight excluding hydrogens is 508 g/mol. The van der Waals surface area contributed by atoms with Crippen LogP contribution in [0, 0.1) is 23.2 Å². The van der Waals surface area contributed by atoms with Crippen LogP contribution in [-0.4, -0.2) is 81.3 Å². The first-order valence-corrected chi connectivity index (χ1v) is 15.0. The van der Waals surface area contributed by atoms with Crippen LogP contribution in [0.3, 0.4) is 0 Å². The summed E-state index contributed by atoms with van der Waals surface area (Å²) in [6.45, 7) is 16.9. The second-order valence-electron chi connectivity index (χ2n) is 14.7. The number of aliphatic hydroxyl groups excluding tert-OH is 1. The molecule has 0 aromatic heterocycles. The standard InChI is InChI=1S/C32H50N2O6/c1-21(2)18-22(19-35)34-25-27(37)33(30(6,7)20-29(3,4)5)16-13-15-32(25)23(26(34)36)24-28(38)39-17-12-10-9-11-14-31(24,8)40-32/h11,13-15,21-25,35H,9-10,12,16-20H2,1-8H3/b14-11-/t22-,23+,24-,25?,31+,32+/m1/s1. The smallest absolute Gasteiger partial charge is 0.313 e. The molecule has 1 spiro atoms. The minimum Gasteiger partial charge on any atom is -0.465 e. The van der Waals surface area contributed by atoms with E-state index in [9.17, 15) is 19.5 Å². The van der Waals surface area contributed by atoms with Gasteiger partial charge in [0.05, 0.1) is 30.8 Å². The summed E-state index contributed by atoms with van der Waals surface area (Å²) in [7, 11) is 0. The Balaban J connectivity index is 1.89. The topological polar surface area (TPSA) is 96.4 Å². The van der Waals surface area contributed by atoms with Gasteiger partial charge in [-0.05, 0) is 64.2 Å². The van der Waals surface area contributed by atoms with E-state index in [0.717, 1.165) is 25.7 Å². The van der Waals surface area contributed by atoms with Crippen molar-refractivity contribution in [2.45, 2.75) is 116 Å². The van der Waals surface area contributed by atoms with Gasteiger partial charge < -0.3 is 24.4 Å². The van der Waals surface area contributed by atoms with Gasteiger partial charge in [-0.2, -0.15) is 0 Å². The van der Waals surface area contributed by atoms with Crippen LogP contribution in [0.2, 0.25) is 0 Å². The zero-order valence-corrected chi connectivity index (χ0v) is 25.7. The van der Waals surface area contributed by atoms with E-state index >= 15 is 0 Å². The number of amides is 2. The van der Waals surface area contributed by atoms with Crippen LogP contribution in [-0.2, 0) is 23.9 Å². The van der Waals surface area contributed by atoms with Gasteiger partial charge in [-0.1, -0.05) is 58.9 Å². The van der Waals surface area contributed by atoms with Gasteiger partial charge in [0, 0.05) is 12.1 Å². The average molecular weight is 559 g/mol. The van der Waals surface area contributed by atoms with Gasteiger partial charge in [0.25, 0.3) is 0 Å². The van der Waals surface area contributed by atoms with Crippen molar-refractivity contribution in [2.75, 3.05) is 19.8 Å².